The Kier molecular flexibility index (Phi) is 8.60. The number of halogens is 1. The average molecular weight is 402 g/mol. The lowest BCUT2D eigenvalue weighted by Gasteiger charge is -2.14. The number of rotatable bonds is 9. The summed E-state index contributed by atoms with van der Waals surface area (Å²) in [7, 11) is 1.49. The van der Waals surface area contributed by atoms with Gasteiger partial charge in [-0.1, -0.05) is 13.3 Å². The van der Waals surface area contributed by atoms with Gasteiger partial charge in [-0.2, -0.15) is 0 Å². The van der Waals surface area contributed by atoms with Crippen LogP contribution < -0.4 is 14.8 Å². The molecule has 6 nitrogen and oxygen atoms in total. The molecule has 0 heterocycles. The molecular weight excluding hydrogens is 378 g/mol. The van der Waals surface area contributed by atoms with Gasteiger partial charge < -0.3 is 19.5 Å². The molecule has 134 valence electrons. The fourth-order valence-electron chi connectivity index (χ4n) is 2.16. The second-order valence-electron chi connectivity index (χ2n) is 5.26. The Hall–Kier alpha value is -1.76. The van der Waals surface area contributed by atoms with Gasteiger partial charge in [-0.3, -0.25) is 4.79 Å². The highest BCUT2D eigenvalue weighted by molar-refractivity contribution is 9.10. The van der Waals surface area contributed by atoms with Gasteiger partial charge in [0.2, 0.25) is 0 Å². The van der Waals surface area contributed by atoms with Gasteiger partial charge in [-0.25, -0.2) is 4.79 Å². The van der Waals surface area contributed by atoms with Crippen LogP contribution in [0.1, 0.15) is 44.0 Å². The summed E-state index contributed by atoms with van der Waals surface area (Å²) in [5.41, 5.74) is 0.275. The molecule has 0 saturated heterocycles. The molecule has 0 aliphatic carbocycles. The Balaban J connectivity index is 2.71. The summed E-state index contributed by atoms with van der Waals surface area (Å²) in [6, 6.07) is 3.16. The minimum absolute atomic E-state index is 0.0564. The summed E-state index contributed by atoms with van der Waals surface area (Å²) in [5.74, 6) is 0.0125. The lowest BCUT2D eigenvalue weighted by atomic mass is 10.2. The van der Waals surface area contributed by atoms with Gasteiger partial charge in [-0.05, 0) is 48.3 Å². The monoisotopic (exact) mass is 401 g/mol. The third-order valence-electron chi connectivity index (χ3n) is 3.22. The van der Waals surface area contributed by atoms with Crippen LogP contribution in [-0.2, 0) is 9.53 Å². The number of carbonyl (C=O) groups is 2. The first-order valence-electron chi connectivity index (χ1n) is 7.89. The quantitative estimate of drug-likeness (QED) is 0.642. The van der Waals surface area contributed by atoms with Crippen molar-refractivity contribution in [3.05, 3.63) is 22.2 Å². The maximum absolute atomic E-state index is 12.1. The van der Waals surface area contributed by atoms with E-state index < -0.39 is 5.97 Å². The van der Waals surface area contributed by atoms with Gasteiger partial charge in [0.1, 0.15) is 0 Å². The van der Waals surface area contributed by atoms with Crippen molar-refractivity contribution in [2.75, 3.05) is 20.3 Å². The molecule has 1 aromatic rings. The van der Waals surface area contributed by atoms with Crippen LogP contribution in [0.4, 0.5) is 0 Å². The highest BCUT2D eigenvalue weighted by Gasteiger charge is 2.17. The van der Waals surface area contributed by atoms with Crippen LogP contribution in [0, 0.1) is 0 Å². The van der Waals surface area contributed by atoms with E-state index in [1.807, 2.05) is 20.8 Å². The molecule has 24 heavy (non-hydrogen) atoms. The molecule has 0 spiro atoms. The van der Waals surface area contributed by atoms with E-state index in [9.17, 15) is 9.59 Å². The highest BCUT2D eigenvalue weighted by atomic mass is 79.9. The molecule has 1 atom stereocenters. The Labute approximate surface area is 151 Å². The van der Waals surface area contributed by atoms with Crippen molar-refractivity contribution in [1.29, 1.82) is 0 Å². The first-order valence-corrected chi connectivity index (χ1v) is 8.68. The van der Waals surface area contributed by atoms with E-state index >= 15 is 0 Å². The summed E-state index contributed by atoms with van der Waals surface area (Å²) >= 11 is 3.35. The zero-order valence-electron chi connectivity index (χ0n) is 14.5. The van der Waals surface area contributed by atoms with Crippen LogP contribution >= 0.6 is 15.9 Å². The minimum atomic E-state index is -0.602. The largest absolute Gasteiger partial charge is 0.493 e. The number of benzene rings is 1. The van der Waals surface area contributed by atoms with Crippen molar-refractivity contribution in [3.63, 3.8) is 0 Å². The fourth-order valence-corrected chi connectivity index (χ4v) is 2.71. The highest BCUT2D eigenvalue weighted by Crippen LogP contribution is 2.36. The van der Waals surface area contributed by atoms with Crippen molar-refractivity contribution in [2.24, 2.45) is 0 Å². The molecule has 1 aromatic carbocycles. The van der Waals surface area contributed by atoms with E-state index in [1.54, 1.807) is 6.07 Å². The minimum Gasteiger partial charge on any atom is -0.493 e. The van der Waals surface area contributed by atoms with E-state index in [0.29, 0.717) is 22.6 Å². The molecule has 0 fully saturated rings. The molecule has 0 unspecified atom stereocenters. The van der Waals surface area contributed by atoms with Gasteiger partial charge in [-0.15, -0.1) is 0 Å². The lowest BCUT2D eigenvalue weighted by molar-refractivity contribution is -0.124. The molecule has 0 aliphatic rings. The Bertz CT molecular complexity index is 576. The first kappa shape index (κ1) is 20.3. The van der Waals surface area contributed by atoms with Crippen molar-refractivity contribution >= 4 is 27.8 Å². The zero-order valence-corrected chi connectivity index (χ0v) is 16.1. The molecule has 1 rings (SSSR count). The Morgan fingerprint density at radius 2 is 2.00 bits per heavy atom. The predicted molar refractivity (Wildman–Crippen MR) is 94.7 cm³/mol. The molecule has 1 N–H and O–H groups in total. The lowest BCUT2D eigenvalue weighted by Crippen LogP contribution is -2.35. The van der Waals surface area contributed by atoms with Gasteiger partial charge in [0, 0.05) is 6.04 Å². The summed E-state index contributed by atoms with van der Waals surface area (Å²) in [6.45, 7) is 5.96. The van der Waals surface area contributed by atoms with E-state index in [2.05, 4.69) is 21.2 Å². The molecule has 0 aliphatic heterocycles. The van der Waals surface area contributed by atoms with Crippen molar-refractivity contribution < 1.29 is 23.8 Å². The Morgan fingerprint density at radius 3 is 2.58 bits per heavy atom. The number of esters is 1. The van der Waals surface area contributed by atoms with Crippen molar-refractivity contribution in [1.82, 2.24) is 5.32 Å². The number of methoxy groups -OCH3 is 1. The van der Waals surface area contributed by atoms with Crippen molar-refractivity contribution in [3.8, 4) is 11.5 Å². The van der Waals surface area contributed by atoms with Gasteiger partial charge >= 0.3 is 5.97 Å². The topological polar surface area (TPSA) is 73.9 Å². The summed E-state index contributed by atoms with van der Waals surface area (Å²) < 4.78 is 16.3. The smallest absolute Gasteiger partial charge is 0.338 e. The van der Waals surface area contributed by atoms with E-state index in [-0.39, 0.29) is 24.1 Å². The molecule has 0 bridgehead atoms. The normalized spacial score (nSPS) is 11.5. The SMILES string of the molecule is CCC[C@H](C)NC(=O)COC(=O)c1cc(Br)c(OCC)c(OC)c1. The van der Waals surface area contributed by atoms with Crippen LogP contribution in [0.5, 0.6) is 11.5 Å². The van der Waals surface area contributed by atoms with Gasteiger partial charge in [0.25, 0.3) is 5.91 Å². The molecular formula is C17H24BrNO5. The molecule has 1 amide bonds. The third kappa shape index (κ3) is 6.03. The van der Waals surface area contributed by atoms with E-state index in [1.165, 1.54) is 13.2 Å². The zero-order chi connectivity index (χ0) is 18.1. The number of hydrogen-bond donors (Lipinski definition) is 1. The van der Waals surface area contributed by atoms with E-state index in [0.717, 1.165) is 12.8 Å². The molecule has 7 heteroatoms. The standard InChI is InChI=1S/C17H24BrNO5/c1-5-7-11(3)19-15(20)10-24-17(21)12-8-13(18)16(23-6-2)14(9-12)22-4/h8-9,11H,5-7,10H2,1-4H3,(H,19,20)/t11-/m0/s1. The van der Waals surface area contributed by atoms with Crippen LogP contribution in [0.3, 0.4) is 0 Å². The predicted octanol–water partition coefficient (Wildman–Crippen LogP) is 3.32. The van der Waals surface area contributed by atoms with Crippen molar-refractivity contribution in [2.45, 2.75) is 39.7 Å². The second kappa shape index (κ2) is 10.2. The molecule has 0 aromatic heterocycles. The maximum atomic E-state index is 12.1. The molecule has 0 saturated carbocycles. The second-order valence-corrected chi connectivity index (χ2v) is 6.11. The van der Waals surface area contributed by atoms with Crippen LogP contribution in [-0.4, -0.2) is 38.2 Å². The van der Waals surface area contributed by atoms with Crippen LogP contribution in [0.2, 0.25) is 0 Å². The van der Waals surface area contributed by atoms with Crippen LogP contribution in [0.15, 0.2) is 16.6 Å². The van der Waals surface area contributed by atoms with E-state index in [4.69, 9.17) is 14.2 Å². The van der Waals surface area contributed by atoms with Gasteiger partial charge in [0.05, 0.1) is 23.8 Å². The number of hydrogen-bond acceptors (Lipinski definition) is 5. The average Bonchev–Trinajstić information content (AvgIpc) is 2.54. The number of ether oxygens (including phenoxy) is 3. The summed E-state index contributed by atoms with van der Waals surface area (Å²) in [6.07, 6.45) is 1.85. The number of nitrogens with one attached hydrogen (secondary N) is 1. The fraction of sp³-hybridized carbons (Fsp3) is 0.529. The summed E-state index contributed by atoms with van der Waals surface area (Å²) in [5, 5.41) is 2.78. The van der Waals surface area contributed by atoms with Crippen LogP contribution in [0.25, 0.3) is 0 Å². The van der Waals surface area contributed by atoms with Gasteiger partial charge in [0.15, 0.2) is 18.1 Å². The maximum Gasteiger partial charge on any atom is 0.338 e. The molecule has 0 radical (unpaired) electrons. The number of carbonyl (C=O) groups excluding carboxylic acids is 2. The third-order valence-corrected chi connectivity index (χ3v) is 3.81. The summed E-state index contributed by atoms with van der Waals surface area (Å²) in [4.78, 5) is 23.9. The number of amides is 1. The first-order chi connectivity index (χ1) is 11.4. The Morgan fingerprint density at radius 1 is 1.29 bits per heavy atom.